The fourth-order valence-corrected chi connectivity index (χ4v) is 6.67. The third-order valence-electron chi connectivity index (χ3n) is 5.94. The summed E-state index contributed by atoms with van der Waals surface area (Å²) in [7, 11) is 1.90. The van der Waals surface area contributed by atoms with Crippen LogP contribution in [0.15, 0.2) is 0 Å². The summed E-state index contributed by atoms with van der Waals surface area (Å²) in [6.07, 6.45) is 8.21. The average Bonchev–Trinajstić information content (AvgIpc) is 3.41. The fourth-order valence-electron chi connectivity index (χ4n) is 4.15. The second kappa shape index (κ2) is 11.0. The van der Waals surface area contributed by atoms with Gasteiger partial charge >= 0.3 is 0 Å². The Hall–Kier alpha value is -0.400. The van der Waals surface area contributed by atoms with Crippen molar-refractivity contribution in [2.24, 2.45) is 0 Å². The molecule has 0 aromatic rings. The Bertz CT molecular complexity index is 488. The van der Waals surface area contributed by atoms with Crippen LogP contribution in [-0.2, 0) is 9.59 Å². The lowest BCUT2D eigenvalue weighted by atomic mass is 10.1. The molecule has 3 aliphatic heterocycles. The van der Waals surface area contributed by atoms with Gasteiger partial charge in [0.15, 0.2) is 0 Å². The molecule has 3 heterocycles. The van der Waals surface area contributed by atoms with E-state index in [4.69, 9.17) is 0 Å². The Balaban J connectivity index is 1.51. The molecule has 2 amide bonds. The monoisotopic (exact) mass is 413 g/mol. The predicted molar refractivity (Wildman–Crippen MR) is 115 cm³/mol. The van der Waals surface area contributed by atoms with Gasteiger partial charge in [-0.3, -0.25) is 9.59 Å². The fraction of sp³-hybridized carbons (Fsp3) is 0.900. The van der Waals surface area contributed by atoms with Gasteiger partial charge in [-0.25, -0.2) is 0 Å². The van der Waals surface area contributed by atoms with E-state index in [0.29, 0.717) is 19.0 Å². The van der Waals surface area contributed by atoms with Crippen molar-refractivity contribution in [1.29, 1.82) is 0 Å². The Morgan fingerprint density at radius 3 is 2.07 bits per heavy atom. The topological polar surface area (TPSA) is 43.9 Å². The maximum atomic E-state index is 13.0. The highest BCUT2D eigenvalue weighted by Crippen LogP contribution is 2.28. The zero-order valence-corrected chi connectivity index (χ0v) is 18.4. The predicted octanol–water partition coefficient (Wildman–Crippen LogP) is 2.55. The van der Waals surface area contributed by atoms with Crippen LogP contribution >= 0.6 is 23.5 Å². The van der Waals surface area contributed by atoms with Crippen molar-refractivity contribution < 1.29 is 9.59 Å². The van der Waals surface area contributed by atoms with E-state index < -0.39 is 0 Å². The van der Waals surface area contributed by atoms with Gasteiger partial charge in [0, 0.05) is 33.2 Å². The maximum absolute atomic E-state index is 13.0. The van der Waals surface area contributed by atoms with Crippen molar-refractivity contribution in [1.82, 2.24) is 14.7 Å². The van der Waals surface area contributed by atoms with Crippen LogP contribution in [-0.4, -0.2) is 94.8 Å². The van der Waals surface area contributed by atoms with E-state index in [9.17, 15) is 9.59 Å². The van der Waals surface area contributed by atoms with Crippen molar-refractivity contribution in [2.45, 2.75) is 55.4 Å². The molecular weight excluding hydrogens is 378 g/mol. The first-order valence-corrected chi connectivity index (χ1v) is 12.7. The molecule has 0 aliphatic carbocycles. The zero-order valence-electron chi connectivity index (χ0n) is 16.7. The van der Waals surface area contributed by atoms with Crippen molar-refractivity contribution in [3.63, 3.8) is 0 Å². The largest absolute Gasteiger partial charge is 0.343 e. The first-order chi connectivity index (χ1) is 13.1. The van der Waals surface area contributed by atoms with Gasteiger partial charge in [-0.15, -0.1) is 23.5 Å². The number of amides is 2. The van der Waals surface area contributed by atoms with E-state index in [1.807, 2.05) is 28.6 Å². The molecule has 0 bridgehead atoms. The van der Waals surface area contributed by atoms with Crippen LogP contribution in [0.4, 0.5) is 0 Å². The first-order valence-electron chi connectivity index (χ1n) is 10.6. The number of carbonyl (C=O) groups is 2. The average molecular weight is 414 g/mol. The molecule has 7 heteroatoms. The summed E-state index contributed by atoms with van der Waals surface area (Å²) in [6.45, 7) is 5.42. The van der Waals surface area contributed by atoms with E-state index in [0.717, 1.165) is 63.4 Å². The van der Waals surface area contributed by atoms with Crippen LogP contribution in [0.2, 0.25) is 0 Å². The Morgan fingerprint density at radius 2 is 1.48 bits per heavy atom. The molecule has 3 fully saturated rings. The van der Waals surface area contributed by atoms with Gasteiger partial charge in [0.1, 0.15) is 0 Å². The SMILES string of the molecule is CN(CCN(CCN1CCCCC1)C(=O)[C@H]1CCCS1)C(=O)[C@@H]1CCCS1. The zero-order chi connectivity index (χ0) is 19.1. The minimum Gasteiger partial charge on any atom is -0.343 e. The van der Waals surface area contributed by atoms with Crippen LogP contribution < -0.4 is 0 Å². The highest BCUT2D eigenvalue weighted by molar-refractivity contribution is 8.01. The van der Waals surface area contributed by atoms with Crippen molar-refractivity contribution in [3.05, 3.63) is 0 Å². The van der Waals surface area contributed by atoms with Gasteiger partial charge < -0.3 is 14.7 Å². The number of rotatable bonds is 8. The van der Waals surface area contributed by atoms with E-state index in [1.165, 1.54) is 19.3 Å². The van der Waals surface area contributed by atoms with E-state index in [-0.39, 0.29) is 16.4 Å². The lowest BCUT2D eigenvalue weighted by Gasteiger charge is -2.32. The van der Waals surface area contributed by atoms with E-state index in [1.54, 1.807) is 11.8 Å². The van der Waals surface area contributed by atoms with Gasteiger partial charge in [0.2, 0.25) is 11.8 Å². The second-order valence-corrected chi connectivity index (χ2v) is 10.6. The van der Waals surface area contributed by atoms with Crippen LogP contribution in [0, 0.1) is 0 Å². The molecule has 5 nitrogen and oxygen atoms in total. The second-order valence-electron chi connectivity index (χ2n) is 7.99. The highest BCUT2D eigenvalue weighted by atomic mass is 32.2. The summed E-state index contributed by atoms with van der Waals surface area (Å²) in [5.41, 5.74) is 0. The van der Waals surface area contributed by atoms with Crippen LogP contribution in [0.1, 0.15) is 44.9 Å². The molecule has 3 aliphatic rings. The highest BCUT2D eigenvalue weighted by Gasteiger charge is 2.30. The quantitative estimate of drug-likeness (QED) is 0.612. The molecule has 0 aromatic heterocycles. The Kier molecular flexibility index (Phi) is 8.65. The number of hydrogen-bond acceptors (Lipinski definition) is 5. The smallest absolute Gasteiger partial charge is 0.235 e. The van der Waals surface area contributed by atoms with Crippen LogP contribution in [0.25, 0.3) is 0 Å². The molecule has 154 valence electrons. The molecule has 3 saturated heterocycles. The summed E-state index contributed by atoms with van der Waals surface area (Å²) in [5, 5.41) is 0.274. The molecular formula is C20H35N3O2S2. The van der Waals surface area contributed by atoms with Crippen molar-refractivity contribution >= 4 is 35.3 Å². The summed E-state index contributed by atoms with van der Waals surface area (Å²) >= 11 is 3.60. The molecule has 0 N–H and O–H groups in total. The number of piperidine rings is 1. The standard InChI is InChI=1S/C20H35N3O2S2/c1-21(19(24)17-7-5-15-26-17)11-13-23(20(25)18-8-6-16-27-18)14-12-22-9-3-2-4-10-22/h17-18H,2-16H2,1H3/t17-,18+/m0/s1. The molecule has 0 radical (unpaired) electrons. The van der Waals surface area contributed by atoms with Crippen molar-refractivity contribution in [3.8, 4) is 0 Å². The lowest BCUT2D eigenvalue weighted by molar-refractivity contribution is -0.134. The third kappa shape index (κ3) is 6.29. The molecule has 0 spiro atoms. The summed E-state index contributed by atoms with van der Waals surface area (Å²) < 4.78 is 0. The molecule has 2 atom stereocenters. The van der Waals surface area contributed by atoms with E-state index in [2.05, 4.69) is 4.90 Å². The number of likely N-dealkylation sites (tertiary alicyclic amines) is 1. The Morgan fingerprint density at radius 1 is 0.852 bits per heavy atom. The van der Waals surface area contributed by atoms with Gasteiger partial charge in [0.05, 0.1) is 10.5 Å². The van der Waals surface area contributed by atoms with Gasteiger partial charge in [0.25, 0.3) is 0 Å². The summed E-state index contributed by atoms with van der Waals surface area (Å²) in [5.74, 6) is 2.75. The molecule has 27 heavy (non-hydrogen) atoms. The van der Waals surface area contributed by atoms with Gasteiger partial charge in [-0.1, -0.05) is 6.42 Å². The van der Waals surface area contributed by atoms with E-state index >= 15 is 0 Å². The minimum atomic E-state index is 0.137. The minimum absolute atomic E-state index is 0.137. The normalized spacial score (nSPS) is 26.3. The molecule has 0 unspecified atom stereocenters. The number of carbonyl (C=O) groups excluding carboxylic acids is 2. The van der Waals surface area contributed by atoms with Crippen LogP contribution in [0.5, 0.6) is 0 Å². The van der Waals surface area contributed by atoms with Crippen LogP contribution in [0.3, 0.4) is 0 Å². The molecule has 0 aromatic carbocycles. The number of hydrogen-bond donors (Lipinski definition) is 0. The maximum Gasteiger partial charge on any atom is 0.235 e. The van der Waals surface area contributed by atoms with Gasteiger partial charge in [-0.2, -0.15) is 0 Å². The lowest BCUT2D eigenvalue weighted by Crippen LogP contribution is -2.47. The van der Waals surface area contributed by atoms with Gasteiger partial charge in [-0.05, 0) is 63.1 Å². The number of likely N-dealkylation sites (N-methyl/N-ethyl adjacent to an activating group) is 1. The molecule has 3 rings (SSSR count). The summed E-state index contributed by atoms with van der Waals surface area (Å²) in [4.78, 5) is 32.0. The third-order valence-corrected chi connectivity index (χ3v) is 8.67. The molecule has 0 saturated carbocycles. The van der Waals surface area contributed by atoms with Crippen molar-refractivity contribution in [2.75, 3.05) is 57.8 Å². The number of nitrogens with zero attached hydrogens (tertiary/aromatic N) is 3. The Labute approximate surface area is 173 Å². The summed E-state index contributed by atoms with van der Waals surface area (Å²) in [6, 6.07) is 0. The number of thioether (sulfide) groups is 2. The first kappa shape index (κ1) is 21.3.